The van der Waals surface area contributed by atoms with Crippen LogP contribution in [-0.4, -0.2) is 30.6 Å². The van der Waals surface area contributed by atoms with E-state index < -0.39 is 0 Å². The fraction of sp³-hybridized carbons (Fsp3) is 0.250. The molecular formula is C20H21N7OS2. The molecule has 1 amide bonds. The average Bonchev–Trinajstić information content (AvgIpc) is 3.26. The number of thiophene rings is 1. The Morgan fingerprint density at radius 3 is 2.87 bits per heavy atom. The molecule has 0 bridgehead atoms. The second-order valence-corrected chi connectivity index (χ2v) is 9.42. The predicted octanol–water partition coefficient (Wildman–Crippen LogP) is 4.28. The van der Waals surface area contributed by atoms with Gasteiger partial charge in [0, 0.05) is 17.5 Å². The minimum absolute atomic E-state index is 0.0825. The lowest BCUT2D eigenvalue weighted by atomic mass is 10.2. The first-order valence-electron chi connectivity index (χ1n) is 9.31. The molecule has 3 aromatic heterocycles. The van der Waals surface area contributed by atoms with Gasteiger partial charge in [0.2, 0.25) is 5.91 Å². The summed E-state index contributed by atoms with van der Waals surface area (Å²) in [5.74, 6) is 1.05. The van der Waals surface area contributed by atoms with Crippen LogP contribution in [0.3, 0.4) is 0 Å². The van der Waals surface area contributed by atoms with E-state index in [-0.39, 0.29) is 11.2 Å². The first-order valence-corrected chi connectivity index (χ1v) is 11.0. The Kier molecular flexibility index (Phi) is 5.44. The minimum Gasteiger partial charge on any atom is -0.383 e. The third kappa shape index (κ3) is 3.88. The lowest BCUT2D eigenvalue weighted by Crippen LogP contribution is -2.06. The first-order chi connectivity index (χ1) is 14.3. The zero-order chi connectivity index (χ0) is 21.4. The number of carbonyl (C=O) groups excluding carboxylic acids is 1. The summed E-state index contributed by atoms with van der Waals surface area (Å²) in [4.78, 5) is 22.8. The number of thioether (sulfide) groups is 1. The smallest absolute Gasteiger partial charge is 0.221 e. The zero-order valence-corrected chi connectivity index (χ0v) is 18.6. The van der Waals surface area contributed by atoms with Gasteiger partial charge in [0.1, 0.15) is 22.8 Å². The van der Waals surface area contributed by atoms with Gasteiger partial charge in [0.25, 0.3) is 0 Å². The van der Waals surface area contributed by atoms with E-state index in [2.05, 4.69) is 27.4 Å². The van der Waals surface area contributed by atoms with Crippen LogP contribution in [0, 0.1) is 13.8 Å². The topological polar surface area (TPSA) is 112 Å². The highest BCUT2D eigenvalue weighted by molar-refractivity contribution is 7.99. The lowest BCUT2D eigenvalue weighted by molar-refractivity contribution is -0.114. The molecule has 4 rings (SSSR count). The van der Waals surface area contributed by atoms with Gasteiger partial charge in [-0.2, -0.15) is 0 Å². The minimum atomic E-state index is -0.122. The summed E-state index contributed by atoms with van der Waals surface area (Å²) >= 11 is 3.13. The molecule has 0 spiro atoms. The number of nitrogen functional groups attached to an aromatic ring is 1. The van der Waals surface area contributed by atoms with E-state index in [1.165, 1.54) is 23.6 Å². The Morgan fingerprint density at radius 1 is 1.30 bits per heavy atom. The Labute approximate surface area is 181 Å². The summed E-state index contributed by atoms with van der Waals surface area (Å²) < 4.78 is 1.87. The van der Waals surface area contributed by atoms with Gasteiger partial charge in [-0.05, 0) is 44.5 Å². The Hall–Kier alpha value is -2.98. The van der Waals surface area contributed by atoms with Crippen molar-refractivity contribution in [3.63, 3.8) is 0 Å². The molecule has 30 heavy (non-hydrogen) atoms. The lowest BCUT2D eigenvalue weighted by Gasteiger charge is -2.12. The molecule has 10 heteroatoms. The summed E-state index contributed by atoms with van der Waals surface area (Å²) in [6.07, 6.45) is 1.65. The van der Waals surface area contributed by atoms with Crippen LogP contribution in [0.2, 0.25) is 0 Å². The molecule has 4 aromatic rings. The number of nitrogens with one attached hydrogen (secondary N) is 1. The number of aryl methyl sites for hydroxylation is 2. The molecule has 0 aliphatic carbocycles. The number of anilines is 2. The number of hydrogen-bond acceptors (Lipinski definition) is 8. The van der Waals surface area contributed by atoms with E-state index in [0.717, 1.165) is 21.5 Å². The van der Waals surface area contributed by atoms with Gasteiger partial charge in [-0.15, -0.1) is 21.5 Å². The Balaban J connectivity index is 1.63. The number of rotatable bonds is 5. The molecule has 0 radical (unpaired) electrons. The van der Waals surface area contributed by atoms with E-state index >= 15 is 0 Å². The van der Waals surface area contributed by atoms with Gasteiger partial charge in [-0.25, -0.2) is 9.97 Å². The summed E-state index contributed by atoms with van der Waals surface area (Å²) in [5, 5.41) is 12.7. The van der Waals surface area contributed by atoms with Gasteiger partial charge in [-0.3, -0.25) is 9.36 Å². The molecule has 0 saturated carbocycles. The summed E-state index contributed by atoms with van der Waals surface area (Å²) in [6.45, 7) is 7.61. The van der Waals surface area contributed by atoms with Crippen molar-refractivity contribution in [2.45, 2.75) is 38.1 Å². The second-order valence-electron chi connectivity index (χ2n) is 6.91. The number of carbonyl (C=O) groups is 1. The van der Waals surface area contributed by atoms with Crippen LogP contribution < -0.4 is 11.1 Å². The van der Waals surface area contributed by atoms with Gasteiger partial charge in [0.05, 0.1) is 16.3 Å². The number of benzene rings is 1. The van der Waals surface area contributed by atoms with Crippen molar-refractivity contribution in [1.29, 1.82) is 0 Å². The molecule has 8 nitrogen and oxygen atoms in total. The fourth-order valence-corrected chi connectivity index (χ4v) is 5.04. The quantitative estimate of drug-likeness (QED) is 0.446. The van der Waals surface area contributed by atoms with Gasteiger partial charge >= 0.3 is 0 Å². The molecule has 0 aliphatic heterocycles. The highest BCUT2D eigenvalue weighted by atomic mass is 32.2. The molecular weight excluding hydrogens is 418 g/mol. The van der Waals surface area contributed by atoms with Crippen molar-refractivity contribution in [2.24, 2.45) is 0 Å². The maximum atomic E-state index is 11.4. The number of fused-ring (bicyclic) bond motifs is 1. The standard InChI is InChI=1S/C20H21N7OS2/c1-10-11(2)29-19-16(10)17(21)24-18(25-19)12(3)30-20-26-22-9-27(20)15-7-5-6-14(8-15)23-13(4)28/h5-9,12H,1-4H3,(H,23,28)(H2,21,24,25). The highest BCUT2D eigenvalue weighted by Gasteiger charge is 2.19. The molecule has 0 saturated heterocycles. The van der Waals surface area contributed by atoms with Crippen LogP contribution in [0.15, 0.2) is 35.7 Å². The van der Waals surface area contributed by atoms with Gasteiger partial charge in [0.15, 0.2) is 5.16 Å². The van der Waals surface area contributed by atoms with Crippen molar-refractivity contribution in [3.8, 4) is 5.69 Å². The molecule has 154 valence electrons. The first kappa shape index (κ1) is 20.3. The van der Waals surface area contributed by atoms with E-state index in [1.807, 2.05) is 42.7 Å². The molecule has 1 unspecified atom stereocenters. The predicted molar refractivity (Wildman–Crippen MR) is 121 cm³/mol. The van der Waals surface area contributed by atoms with E-state index in [9.17, 15) is 4.79 Å². The molecule has 1 aromatic carbocycles. The number of hydrogen-bond donors (Lipinski definition) is 2. The Morgan fingerprint density at radius 2 is 2.10 bits per heavy atom. The van der Waals surface area contributed by atoms with Crippen molar-refractivity contribution in [3.05, 3.63) is 46.9 Å². The van der Waals surface area contributed by atoms with Crippen LogP contribution in [0.4, 0.5) is 11.5 Å². The normalized spacial score (nSPS) is 12.3. The Bertz CT molecular complexity index is 1250. The number of nitrogens with two attached hydrogens (primary N) is 1. The van der Waals surface area contributed by atoms with E-state index in [4.69, 9.17) is 10.7 Å². The monoisotopic (exact) mass is 439 g/mol. The van der Waals surface area contributed by atoms with Crippen LogP contribution in [0.1, 0.15) is 35.4 Å². The van der Waals surface area contributed by atoms with E-state index in [1.54, 1.807) is 17.7 Å². The highest BCUT2D eigenvalue weighted by Crippen LogP contribution is 2.37. The largest absolute Gasteiger partial charge is 0.383 e. The fourth-order valence-electron chi connectivity index (χ4n) is 3.11. The zero-order valence-electron chi connectivity index (χ0n) is 17.0. The number of aromatic nitrogens is 5. The SMILES string of the molecule is CC(=O)Nc1cccc(-n2cnnc2SC(C)c2nc(N)c3c(C)c(C)sc3n2)c1. The summed E-state index contributed by atoms with van der Waals surface area (Å²) in [7, 11) is 0. The van der Waals surface area contributed by atoms with Crippen molar-refractivity contribution in [1.82, 2.24) is 24.7 Å². The van der Waals surface area contributed by atoms with Crippen LogP contribution in [0.25, 0.3) is 15.9 Å². The summed E-state index contributed by atoms with van der Waals surface area (Å²) in [6, 6.07) is 7.51. The molecule has 0 fully saturated rings. The van der Waals surface area contributed by atoms with Gasteiger partial charge < -0.3 is 11.1 Å². The van der Waals surface area contributed by atoms with Crippen LogP contribution in [-0.2, 0) is 4.79 Å². The second kappa shape index (κ2) is 8.04. The third-order valence-electron chi connectivity index (χ3n) is 4.68. The van der Waals surface area contributed by atoms with Crippen molar-refractivity contribution in [2.75, 3.05) is 11.1 Å². The summed E-state index contributed by atoms with van der Waals surface area (Å²) in [5.41, 5.74) is 8.93. The van der Waals surface area contributed by atoms with Crippen molar-refractivity contribution >= 4 is 50.7 Å². The number of nitrogens with zero attached hydrogens (tertiary/aromatic N) is 5. The van der Waals surface area contributed by atoms with Crippen LogP contribution in [0.5, 0.6) is 0 Å². The maximum absolute atomic E-state index is 11.4. The van der Waals surface area contributed by atoms with Gasteiger partial charge in [-0.1, -0.05) is 17.8 Å². The van der Waals surface area contributed by atoms with E-state index in [0.29, 0.717) is 22.5 Å². The average molecular weight is 440 g/mol. The number of amides is 1. The molecule has 3 heterocycles. The third-order valence-corrected chi connectivity index (χ3v) is 6.84. The van der Waals surface area contributed by atoms with Crippen molar-refractivity contribution < 1.29 is 4.79 Å². The molecule has 0 aliphatic rings. The maximum Gasteiger partial charge on any atom is 0.221 e. The van der Waals surface area contributed by atoms with Crippen LogP contribution >= 0.6 is 23.1 Å². The molecule has 3 N–H and O–H groups in total. The molecule has 1 atom stereocenters.